The molecule has 10 nitrogen and oxygen atoms in total. The Balaban J connectivity index is 1.83. The van der Waals surface area contributed by atoms with Crippen molar-refractivity contribution in [2.24, 2.45) is 0 Å². The van der Waals surface area contributed by atoms with E-state index in [9.17, 15) is 22.8 Å². The SMILES string of the molecule is CCOC(=O)N1CCN(C(=O)COC(=O)[C@H](C)NS(=O)(=O)c2ccc(Cl)c(Cl)c2)CC1. The lowest BCUT2D eigenvalue weighted by Gasteiger charge is -2.33. The molecule has 1 aliphatic rings. The number of rotatable bonds is 7. The summed E-state index contributed by atoms with van der Waals surface area (Å²) in [6, 6.07) is 2.48. The zero-order chi connectivity index (χ0) is 23.2. The van der Waals surface area contributed by atoms with Gasteiger partial charge in [0, 0.05) is 26.2 Å². The van der Waals surface area contributed by atoms with Gasteiger partial charge in [0.15, 0.2) is 6.61 Å². The zero-order valence-corrected chi connectivity index (χ0v) is 19.3. The van der Waals surface area contributed by atoms with E-state index >= 15 is 0 Å². The van der Waals surface area contributed by atoms with Gasteiger partial charge in [-0.2, -0.15) is 4.72 Å². The van der Waals surface area contributed by atoms with Gasteiger partial charge < -0.3 is 19.3 Å². The number of halogens is 2. The summed E-state index contributed by atoms with van der Waals surface area (Å²) in [5, 5.41) is 0.239. The Kier molecular flexibility index (Phi) is 8.92. The third kappa shape index (κ3) is 6.96. The fourth-order valence-electron chi connectivity index (χ4n) is 2.70. The van der Waals surface area contributed by atoms with Crippen molar-refractivity contribution in [3.8, 4) is 0 Å². The monoisotopic (exact) mass is 495 g/mol. The number of hydrogen-bond donors (Lipinski definition) is 1. The van der Waals surface area contributed by atoms with Gasteiger partial charge in [0.1, 0.15) is 6.04 Å². The number of sulfonamides is 1. The summed E-state index contributed by atoms with van der Waals surface area (Å²) in [5.41, 5.74) is 0. The van der Waals surface area contributed by atoms with E-state index in [0.29, 0.717) is 13.1 Å². The van der Waals surface area contributed by atoms with Crippen LogP contribution in [0.4, 0.5) is 4.79 Å². The molecule has 0 aliphatic carbocycles. The highest BCUT2D eigenvalue weighted by atomic mass is 35.5. The van der Waals surface area contributed by atoms with Gasteiger partial charge in [0.25, 0.3) is 5.91 Å². The standard InChI is InChI=1S/C18H23Cl2N3O7S/c1-3-29-18(26)23-8-6-22(7-9-23)16(24)11-30-17(25)12(2)21-31(27,28)13-4-5-14(19)15(20)10-13/h4-5,10,12,21H,3,6-9,11H2,1-2H3/t12-/m0/s1. The zero-order valence-electron chi connectivity index (χ0n) is 17.0. The van der Waals surface area contributed by atoms with Crippen molar-refractivity contribution in [3.63, 3.8) is 0 Å². The lowest BCUT2D eigenvalue weighted by Crippen LogP contribution is -2.51. The molecule has 2 amide bonds. The predicted molar refractivity (Wildman–Crippen MR) is 112 cm³/mol. The van der Waals surface area contributed by atoms with Crippen LogP contribution in [0.15, 0.2) is 23.1 Å². The summed E-state index contributed by atoms with van der Waals surface area (Å²) in [6.07, 6.45) is -0.441. The van der Waals surface area contributed by atoms with E-state index < -0.39 is 40.6 Å². The smallest absolute Gasteiger partial charge is 0.409 e. The Morgan fingerprint density at radius 2 is 1.68 bits per heavy atom. The molecule has 1 atom stereocenters. The molecule has 1 aromatic carbocycles. The maximum absolute atomic E-state index is 12.4. The number of nitrogens with zero attached hydrogens (tertiary/aromatic N) is 2. The minimum atomic E-state index is -4.06. The molecule has 1 N–H and O–H groups in total. The second-order valence-electron chi connectivity index (χ2n) is 6.59. The number of nitrogens with one attached hydrogen (secondary N) is 1. The average Bonchev–Trinajstić information content (AvgIpc) is 2.73. The topological polar surface area (TPSA) is 122 Å². The number of hydrogen-bond acceptors (Lipinski definition) is 7. The lowest BCUT2D eigenvalue weighted by molar-refractivity contribution is -0.153. The van der Waals surface area contributed by atoms with Crippen molar-refractivity contribution in [1.82, 2.24) is 14.5 Å². The van der Waals surface area contributed by atoms with Gasteiger partial charge in [-0.25, -0.2) is 13.2 Å². The highest BCUT2D eigenvalue weighted by Gasteiger charge is 2.27. The van der Waals surface area contributed by atoms with E-state index in [2.05, 4.69) is 4.72 Å². The summed E-state index contributed by atoms with van der Waals surface area (Å²) in [4.78, 5) is 38.8. The van der Waals surface area contributed by atoms with E-state index in [4.69, 9.17) is 32.7 Å². The Morgan fingerprint density at radius 1 is 1.06 bits per heavy atom. The molecule has 0 spiro atoms. The van der Waals surface area contributed by atoms with Crippen molar-refractivity contribution < 1.29 is 32.3 Å². The Bertz CT molecular complexity index is 934. The van der Waals surface area contributed by atoms with Crippen LogP contribution >= 0.6 is 23.2 Å². The van der Waals surface area contributed by atoms with Gasteiger partial charge >= 0.3 is 12.1 Å². The first kappa shape index (κ1) is 25.2. The van der Waals surface area contributed by atoms with E-state index in [1.54, 1.807) is 6.92 Å². The molecular formula is C18H23Cl2N3O7S. The number of esters is 1. The van der Waals surface area contributed by atoms with Gasteiger partial charge in [-0.1, -0.05) is 23.2 Å². The first-order valence-electron chi connectivity index (χ1n) is 9.38. The maximum atomic E-state index is 12.4. The molecule has 13 heteroatoms. The summed E-state index contributed by atoms with van der Waals surface area (Å²) in [5.74, 6) is -1.36. The molecule has 0 aromatic heterocycles. The quantitative estimate of drug-likeness (QED) is 0.568. The third-order valence-corrected chi connectivity index (χ3v) is 6.66. The van der Waals surface area contributed by atoms with Crippen molar-refractivity contribution in [2.45, 2.75) is 24.8 Å². The fraction of sp³-hybridized carbons (Fsp3) is 0.500. The van der Waals surface area contributed by atoms with Crippen LogP contribution in [-0.4, -0.2) is 81.6 Å². The summed E-state index contributed by atoms with van der Waals surface area (Å²) in [7, 11) is -4.06. The van der Waals surface area contributed by atoms with Crippen LogP contribution in [-0.2, 0) is 29.1 Å². The van der Waals surface area contributed by atoms with Crippen LogP contribution in [0.2, 0.25) is 10.0 Å². The van der Waals surface area contributed by atoms with Crippen molar-refractivity contribution in [3.05, 3.63) is 28.2 Å². The first-order chi connectivity index (χ1) is 14.5. The molecule has 1 aliphatic heterocycles. The predicted octanol–water partition coefficient (Wildman–Crippen LogP) is 1.50. The lowest BCUT2D eigenvalue weighted by atomic mass is 10.3. The van der Waals surface area contributed by atoms with Crippen molar-refractivity contribution in [2.75, 3.05) is 39.4 Å². The van der Waals surface area contributed by atoms with E-state index in [1.165, 1.54) is 28.9 Å². The van der Waals surface area contributed by atoms with E-state index in [-0.39, 0.29) is 34.6 Å². The number of carbonyl (C=O) groups is 3. The Morgan fingerprint density at radius 3 is 2.26 bits per heavy atom. The van der Waals surface area contributed by atoms with Gasteiger partial charge in [-0.3, -0.25) is 9.59 Å². The first-order valence-corrected chi connectivity index (χ1v) is 11.6. The van der Waals surface area contributed by atoms with E-state index in [1.807, 2.05) is 0 Å². The van der Waals surface area contributed by atoms with E-state index in [0.717, 1.165) is 6.07 Å². The van der Waals surface area contributed by atoms with Gasteiger partial charge in [-0.15, -0.1) is 0 Å². The van der Waals surface area contributed by atoms with Crippen LogP contribution < -0.4 is 4.72 Å². The summed E-state index contributed by atoms with van der Waals surface area (Å²) < 4.78 is 36.8. The number of benzene rings is 1. The summed E-state index contributed by atoms with van der Waals surface area (Å²) in [6.45, 7) is 3.87. The Labute approximate surface area is 190 Å². The fourth-order valence-corrected chi connectivity index (χ4v) is 4.28. The Hall–Kier alpha value is -2.08. The number of ether oxygens (including phenoxy) is 2. The molecule has 31 heavy (non-hydrogen) atoms. The van der Waals surface area contributed by atoms with Crippen LogP contribution in [0.5, 0.6) is 0 Å². The highest BCUT2D eigenvalue weighted by Crippen LogP contribution is 2.24. The van der Waals surface area contributed by atoms with Crippen molar-refractivity contribution >= 4 is 51.2 Å². The third-order valence-electron chi connectivity index (χ3n) is 4.38. The molecule has 1 saturated heterocycles. The van der Waals surface area contributed by atoms with Gasteiger partial charge in [-0.05, 0) is 32.0 Å². The normalized spacial score (nSPS) is 15.4. The maximum Gasteiger partial charge on any atom is 0.409 e. The molecular weight excluding hydrogens is 473 g/mol. The van der Waals surface area contributed by atoms with Crippen LogP contribution in [0, 0.1) is 0 Å². The largest absolute Gasteiger partial charge is 0.454 e. The average molecular weight is 496 g/mol. The molecule has 0 radical (unpaired) electrons. The van der Waals surface area contributed by atoms with Gasteiger partial charge in [0.2, 0.25) is 10.0 Å². The highest BCUT2D eigenvalue weighted by molar-refractivity contribution is 7.89. The summed E-state index contributed by atoms with van der Waals surface area (Å²) >= 11 is 11.6. The van der Waals surface area contributed by atoms with Crippen LogP contribution in [0.3, 0.4) is 0 Å². The van der Waals surface area contributed by atoms with Crippen molar-refractivity contribution in [1.29, 1.82) is 0 Å². The molecule has 1 heterocycles. The number of piperazine rings is 1. The molecule has 0 bridgehead atoms. The minimum absolute atomic E-state index is 0.0495. The second-order valence-corrected chi connectivity index (χ2v) is 9.12. The van der Waals surface area contributed by atoms with Crippen LogP contribution in [0.25, 0.3) is 0 Å². The molecule has 172 valence electrons. The number of amides is 2. The molecule has 1 aromatic rings. The molecule has 0 unspecified atom stereocenters. The van der Waals surface area contributed by atoms with Gasteiger partial charge in [0.05, 0.1) is 21.5 Å². The molecule has 0 saturated carbocycles. The molecule has 2 rings (SSSR count). The second kappa shape index (κ2) is 11.0. The minimum Gasteiger partial charge on any atom is -0.454 e. The number of carbonyl (C=O) groups excluding carboxylic acids is 3. The molecule has 1 fully saturated rings. The van der Waals surface area contributed by atoms with Crippen LogP contribution in [0.1, 0.15) is 13.8 Å².